The van der Waals surface area contributed by atoms with E-state index in [9.17, 15) is 0 Å². The minimum atomic E-state index is 0.571. The number of nitrogens with one attached hydrogen (secondary N) is 1. The lowest BCUT2D eigenvalue weighted by atomic mass is 10.0. The first kappa shape index (κ1) is 17.0. The van der Waals surface area contributed by atoms with Crippen molar-refractivity contribution in [2.24, 2.45) is 0 Å². The zero-order valence-electron chi connectivity index (χ0n) is 13.7. The largest absolute Gasteiger partial charge is 0.310 e. The molecule has 0 aliphatic carbocycles. The van der Waals surface area contributed by atoms with Crippen LogP contribution in [0.25, 0.3) is 0 Å². The van der Waals surface area contributed by atoms with Gasteiger partial charge in [-0.2, -0.15) is 5.26 Å². The molecule has 124 valence electrons. The number of piperidine rings is 1. The summed E-state index contributed by atoms with van der Waals surface area (Å²) < 4.78 is 0. The second-order valence-corrected chi connectivity index (χ2v) is 6.80. The maximum absolute atomic E-state index is 8.83. The third-order valence-corrected chi connectivity index (χ3v) is 4.84. The number of nitriles is 1. The Morgan fingerprint density at radius 2 is 1.62 bits per heavy atom. The first-order chi connectivity index (χ1) is 11.7. The van der Waals surface area contributed by atoms with Gasteiger partial charge in [0.25, 0.3) is 0 Å². The van der Waals surface area contributed by atoms with Gasteiger partial charge in [0, 0.05) is 24.2 Å². The Bertz CT molecular complexity index is 680. The number of benzene rings is 2. The van der Waals surface area contributed by atoms with E-state index in [0.29, 0.717) is 11.6 Å². The second kappa shape index (κ2) is 8.30. The Labute approximate surface area is 148 Å². The van der Waals surface area contributed by atoms with E-state index in [0.717, 1.165) is 31.2 Å². The highest BCUT2D eigenvalue weighted by Gasteiger charge is 2.18. The van der Waals surface area contributed by atoms with Crippen LogP contribution >= 0.6 is 11.6 Å². The van der Waals surface area contributed by atoms with E-state index in [1.807, 2.05) is 36.4 Å². The van der Waals surface area contributed by atoms with Crippen molar-refractivity contribution in [1.29, 1.82) is 5.26 Å². The Hall–Kier alpha value is -1.86. The molecular formula is C20H22ClN3. The lowest BCUT2D eigenvalue weighted by Crippen LogP contribution is -2.41. The van der Waals surface area contributed by atoms with Gasteiger partial charge in [0.1, 0.15) is 0 Å². The van der Waals surface area contributed by atoms with E-state index in [1.165, 1.54) is 24.0 Å². The monoisotopic (exact) mass is 339 g/mol. The van der Waals surface area contributed by atoms with Crippen molar-refractivity contribution < 1.29 is 0 Å². The van der Waals surface area contributed by atoms with Gasteiger partial charge in [-0.05, 0) is 61.3 Å². The summed E-state index contributed by atoms with van der Waals surface area (Å²) in [6.45, 7) is 4.11. The van der Waals surface area contributed by atoms with Crippen LogP contribution in [0.1, 0.15) is 29.5 Å². The number of halogens is 1. The van der Waals surface area contributed by atoms with Crippen molar-refractivity contribution >= 4 is 11.6 Å². The van der Waals surface area contributed by atoms with Crippen LogP contribution in [0.3, 0.4) is 0 Å². The highest BCUT2D eigenvalue weighted by molar-refractivity contribution is 6.30. The van der Waals surface area contributed by atoms with Crippen molar-refractivity contribution in [1.82, 2.24) is 10.2 Å². The lowest BCUT2D eigenvalue weighted by Gasteiger charge is -2.32. The van der Waals surface area contributed by atoms with Crippen molar-refractivity contribution in [2.75, 3.05) is 13.1 Å². The van der Waals surface area contributed by atoms with Crippen LogP contribution in [-0.4, -0.2) is 24.0 Å². The fourth-order valence-corrected chi connectivity index (χ4v) is 3.23. The number of nitrogens with zero attached hydrogens (tertiary/aromatic N) is 2. The molecule has 1 aliphatic heterocycles. The van der Waals surface area contributed by atoms with Gasteiger partial charge >= 0.3 is 0 Å². The third kappa shape index (κ3) is 4.82. The van der Waals surface area contributed by atoms with Crippen LogP contribution in [0.5, 0.6) is 0 Å². The molecule has 0 atom stereocenters. The van der Waals surface area contributed by atoms with Gasteiger partial charge in [0.15, 0.2) is 0 Å². The summed E-state index contributed by atoms with van der Waals surface area (Å²) >= 11 is 5.94. The molecule has 0 aromatic heterocycles. The van der Waals surface area contributed by atoms with E-state index in [-0.39, 0.29) is 0 Å². The van der Waals surface area contributed by atoms with Crippen LogP contribution < -0.4 is 5.32 Å². The Balaban J connectivity index is 1.41. The SMILES string of the molecule is N#Cc1ccc(CNC2CCN(Cc3ccc(Cl)cc3)CC2)cc1. The molecule has 4 heteroatoms. The molecule has 0 unspecified atom stereocenters. The van der Waals surface area contributed by atoms with Crippen LogP contribution in [-0.2, 0) is 13.1 Å². The molecule has 0 bridgehead atoms. The van der Waals surface area contributed by atoms with Crippen LogP contribution in [0, 0.1) is 11.3 Å². The predicted octanol–water partition coefficient (Wildman–Crippen LogP) is 3.97. The number of rotatable bonds is 5. The second-order valence-electron chi connectivity index (χ2n) is 6.37. The van der Waals surface area contributed by atoms with Crippen molar-refractivity contribution in [3.63, 3.8) is 0 Å². The molecule has 3 nitrogen and oxygen atoms in total. The molecule has 1 fully saturated rings. The molecule has 2 aromatic carbocycles. The molecule has 3 rings (SSSR count). The molecule has 0 spiro atoms. The number of likely N-dealkylation sites (tertiary alicyclic amines) is 1. The first-order valence-electron chi connectivity index (χ1n) is 8.42. The highest BCUT2D eigenvalue weighted by Crippen LogP contribution is 2.16. The molecule has 1 N–H and O–H groups in total. The summed E-state index contributed by atoms with van der Waals surface area (Å²) in [6.07, 6.45) is 2.34. The van der Waals surface area contributed by atoms with Crippen LogP contribution in [0.15, 0.2) is 48.5 Å². The predicted molar refractivity (Wildman–Crippen MR) is 97.7 cm³/mol. The first-order valence-corrected chi connectivity index (χ1v) is 8.80. The molecule has 0 amide bonds. The van der Waals surface area contributed by atoms with Gasteiger partial charge in [-0.15, -0.1) is 0 Å². The molecule has 1 saturated heterocycles. The van der Waals surface area contributed by atoms with E-state index in [1.54, 1.807) is 0 Å². The summed E-state index contributed by atoms with van der Waals surface area (Å²) in [5, 5.41) is 13.3. The topological polar surface area (TPSA) is 39.1 Å². The van der Waals surface area contributed by atoms with E-state index < -0.39 is 0 Å². The Morgan fingerprint density at radius 1 is 1.00 bits per heavy atom. The van der Waals surface area contributed by atoms with Gasteiger partial charge < -0.3 is 5.32 Å². The number of hydrogen-bond acceptors (Lipinski definition) is 3. The van der Waals surface area contributed by atoms with E-state index >= 15 is 0 Å². The zero-order valence-corrected chi connectivity index (χ0v) is 14.5. The van der Waals surface area contributed by atoms with Gasteiger partial charge in [0.2, 0.25) is 0 Å². The standard InChI is InChI=1S/C20H22ClN3/c21-19-7-5-18(6-8-19)15-24-11-9-20(10-12-24)23-14-17-3-1-16(13-22)2-4-17/h1-8,20,23H,9-12,14-15H2. The summed E-state index contributed by atoms with van der Waals surface area (Å²) in [6, 6.07) is 18.7. The van der Waals surface area contributed by atoms with Gasteiger partial charge in [-0.3, -0.25) is 4.90 Å². The fraction of sp³-hybridized carbons (Fsp3) is 0.350. The molecular weight excluding hydrogens is 318 g/mol. The molecule has 0 radical (unpaired) electrons. The fourth-order valence-electron chi connectivity index (χ4n) is 3.10. The summed E-state index contributed by atoms with van der Waals surface area (Å²) in [5.74, 6) is 0. The molecule has 2 aromatic rings. The zero-order chi connectivity index (χ0) is 16.8. The van der Waals surface area contributed by atoms with Crippen molar-refractivity contribution in [3.8, 4) is 6.07 Å². The summed E-state index contributed by atoms with van der Waals surface area (Å²) in [5.41, 5.74) is 3.27. The maximum Gasteiger partial charge on any atom is 0.0991 e. The van der Waals surface area contributed by atoms with Gasteiger partial charge in [-0.1, -0.05) is 35.9 Å². The highest BCUT2D eigenvalue weighted by atomic mass is 35.5. The molecule has 24 heavy (non-hydrogen) atoms. The minimum Gasteiger partial charge on any atom is -0.310 e. The van der Waals surface area contributed by atoms with Gasteiger partial charge in [-0.25, -0.2) is 0 Å². The van der Waals surface area contributed by atoms with Crippen LogP contribution in [0.4, 0.5) is 0 Å². The maximum atomic E-state index is 8.83. The van der Waals surface area contributed by atoms with E-state index in [4.69, 9.17) is 16.9 Å². The quantitative estimate of drug-likeness (QED) is 0.896. The average Bonchev–Trinajstić information content (AvgIpc) is 2.63. The molecule has 1 heterocycles. The Kier molecular flexibility index (Phi) is 5.87. The number of hydrogen-bond donors (Lipinski definition) is 1. The van der Waals surface area contributed by atoms with E-state index in [2.05, 4.69) is 28.4 Å². The summed E-state index contributed by atoms with van der Waals surface area (Å²) in [7, 11) is 0. The summed E-state index contributed by atoms with van der Waals surface area (Å²) in [4.78, 5) is 2.50. The molecule has 0 saturated carbocycles. The third-order valence-electron chi connectivity index (χ3n) is 4.58. The van der Waals surface area contributed by atoms with Crippen LogP contribution in [0.2, 0.25) is 5.02 Å². The smallest absolute Gasteiger partial charge is 0.0991 e. The van der Waals surface area contributed by atoms with Crippen molar-refractivity contribution in [3.05, 3.63) is 70.2 Å². The lowest BCUT2D eigenvalue weighted by molar-refractivity contribution is 0.190. The van der Waals surface area contributed by atoms with Gasteiger partial charge in [0.05, 0.1) is 11.6 Å². The average molecular weight is 340 g/mol. The Morgan fingerprint density at radius 3 is 2.25 bits per heavy atom. The van der Waals surface area contributed by atoms with Crippen molar-refractivity contribution in [2.45, 2.75) is 32.0 Å². The normalized spacial score (nSPS) is 16.0. The molecule has 1 aliphatic rings. The minimum absolute atomic E-state index is 0.571.